The Balaban J connectivity index is -0.0000000360. The van der Waals surface area contributed by atoms with Gasteiger partial charge in [-0.05, 0) is 0 Å². The van der Waals surface area contributed by atoms with Crippen LogP contribution in [-0.4, -0.2) is 0 Å². The summed E-state index contributed by atoms with van der Waals surface area (Å²) in [5.74, 6) is 0. The van der Waals surface area contributed by atoms with Crippen LogP contribution in [0, 0.1) is 0 Å². The van der Waals surface area contributed by atoms with Crippen LogP contribution in [0.5, 0.6) is 0 Å². The fourth-order valence-electron chi connectivity index (χ4n) is 0.354. The van der Waals surface area contributed by atoms with Gasteiger partial charge in [-0.15, -0.1) is 0 Å². The molecule has 0 aliphatic carbocycles. The molecule has 0 aromatic rings. The SMILES string of the molecule is C.CC.CCC.CCCCC. The number of hydrogen-bond acceptors (Lipinski definition) is 0. The molecular weight excluding hydrogens is 132 g/mol. The fraction of sp³-hybridized carbons (Fsp3) is 1.00. The maximum Gasteiger partial charge on any atom is -0.0538 e. The van der Waals surface area contributed by atoms with Crippen molar-refractivity contribution in [1.29, 1.82) is 0 Å². The summed E-state index contributed by atoms with van der Waals surface area (Å²) in [6, 6.07) is 0. The molecule has 0 saturated carbocycles. The normalized spacial score (nSPS) is 6.00. The number of rotatable bonds is 2. The standard InChI is InChI=1S/C5H12.C3H8.C2H6.CH4/c1-3-5-4-2;1-3-2;1-2;/h3-5H2,1-2H3;3H2,1-2H3;1-2H3;1H4. The Kier molecular flexibility index (Phi) is 103. The van der Waals surface area contributed by atoms with Gasteiger partial charge >= 0.3 is 0 Å². The minimum Gasteiger partial charge on any atom is -0.0776 e. The smallest absolute Gasteiger partial charge is 0.0538 e. The van der Waals surface area contributed by atoms with Gasteiger partial charge in [-0.1, -0.05) is 74.7 Å². The monoisotopic (exact) mass is 162 g/mol. The van der Waals surface area contributed by atoms with Gasteiger partial charge in [0.05, 0.1) is 0 Å². The molecule has 0 heteroatoms. The molecule has 0 aliphatic heterocycles. The van der Waals surface area contributed by atoms with Gasteiger partial charge in [0.15, 0.2) is 0 Å². The highest BCUT2D eigenvalue weighted by Crippen LogP contribution is 1.88. The maximum atomic E-state index is 2.21. The van der Waals surface area contributed by atoms with Crippen molar-refractivity contribution in [3.63, 3.8) is 0 Å². The third-order valence-corrected chi connectivity index (χ3v) is 0.707. The second kappa shape index (κ2) is 50.6. The average Bonchev–Trinajstić information content (AvgIpc) is 1.96. The van der Waals surface area contributed by atoms with Crippen molar-refractivity contribution < 1.29 is 0 Å². The van der Waals surface area contributed by atoms with E-state index in [1.165, 1.54) is 25.7 Å². The molecular formula is C11H30. The predicted octanol–water partition coefficient (Wildman–Crippen LogP) is 5.28. The highest BCUT2D eigenvalue weighted by Gasteiger charge is 1.68. The summed E-state index contributed by atoms with van der Waals surface area (Å²) in [4.78, 5) is 0. The molecule has 0 fully saturated rings. The van der Waals surface area contributed by atoms with Crippen molar-refractivity contribution in [3.05, 3.63) is 0 Å². The lowest BCUT2D eigenvalue weighted by molar-refractivity contribution is 0.772. The van der Waals surface area contributed by atoms with Crippen LogP contribution >= 0.6 is 0 Å². The molecule has 0 aliphatic rings. The molecule has 0 bridgehead atoms. The average molecular weight is 162 g/mol. The Morgan fingerprint density at radius 3 is 0.909 bits per heavy atom. The van der Waals surface area contributed by atoms with E-state index in [1.54, 1.807) is 0 Å². The van der Waals surface area contributed by atoms with E-state index in [9.17, 15) is 0 Å². The molecule has 0 nitrogen and oxygen atoms in total. The van der Waals surface area contributed by atoms with E-state index >= 15 is 0 Å². The molecule has 11 heavy (non-hydrogen) atoms. The van der Waals surface area contributed by atoms with Gasteiger partial charge in [-0.25, -0.2) is 0 Å². The van der Waals surface area contributed by atoms with Crippen molar-refractivity contribution in [2.75, 3.05) is 0 Å². The van der Waals surface area contributed by atoms with Crippen LogP contribution in [-0.2, 0) is 0 Å². The van der Waals surface area contributed by atoms with Gasteiger partial charge in [0.1, 0.15) is 0 Å². The largest absolute Gasteiger partial charge is 0.0776 e. The zero-order valence-corrected chi connectivity index (χ0v) is 8.83. The number of unbranched alkanes of at least 4 members (excludes halogenated alkanes) is 2. The summed E-state index contributed by atoms with van der Waals surface area (Å²) in [5, 5.41) is 0. The number of hydrogen-bond donors (Lipinski definition) is 0. The minimum absolute atomic E-state index is 0. The lowest BCUT2D eigenvalue weighted by Crippen LogP contribution is -1.59. The van der Waals surface area contributed by atoms with Crippen LogP contribution in [0.25, 0.3) is 0 Å². The van der Waals surface area contributed by atoms with E-state index in [2.05, 4.69) is 27.7 Å². The Morgan fingerprint density at radius 1 is 0.727 bits per heavy atom. The van der Waals surface area contributed by atoms with Crippen molar-refractivity contribution in [2.45, 2.75) is 74.7 Å². The van der Waals surface area contributed by atoms with Crippen LogP contribution < -0.4 is 0 Å². The summed E-state index contributed by atoms with van der Waals surface area (Å²) in [7, 11) is 0. The van der Waals surface area contributed by atoms with Gasteiger partial charge in [0, 0.05) is 0 Å². The molecule has 0 rings (SSSR count). The third-order valence-electron chi connectivity index (χ3n) is 0.707. The van der Waals surface area contributed by atoms with Crippen LogP contribution in [0.1, 0.15) is 74.7 Å². The maximum absolute atomic E-state index is 2.21. The van der Waals surface area contributed by atoms with Crippen molar-refractivity contribution in [2.24, 2.45) is 0 Å². The molecule has 0 saturated heterocycles. The molecule has 0 spiro atoms. The minimum atomic E-state index is 0. The molecule has 0 unspecified atom stereocenters. The second-order valence-electron chi connectivity index (χ2n) is 2.06. The fourth-order valence-corrected chi connectivity index (χ4v) is 0.354. The molecule has 0 atom stereocenters. The van der Waals surface area contributed by atoms with Crippen molar-refractivity contribution in [1.82, 2.24) is 0 Å². The van der Waals surface area contributed by atoms with Gasteiger partial charge in [0.2, 0.25) is 0 Å². The Morgan fingerprint density at radius 2 is 0.909 bits per heavy atom. The van der Waals surface area contributed by atoms with E-state index in [0.717, 1.165) is 0 Å². The van der Waals surface area contributed by atoms with Gasteiger partial charge in [-0.2, -0.15) is 0 Å². The Labute approximate surface area is 75.4 Å². The third kappa shape index (κ3) is 160. The highest BCUT2D eigenvalue weighted by molar-refractivity contribution is 4.24. The van der Waals surface area contributed by atoms with Gasteiger partial charge in [0.25, 0.3) is 0 Å². The van der Waals surface area contributed by atoms with Crippen LogP contribution in [0.15, 0.2) is 0 Å². The molecule has 0 amide bonds. The van der Waals surface area contributed by atoms with Gasteiger partial charge in [-0.3, -0.25) is 0 Å². The first-order valence-corrected chi connectivity index (χ1v) is 4.83. The summed E-state index contributed by atoms with van der Waals surface area (Å²) >= 11 is 0. The second-order valence-corrected chi connectivity index (χ2v) is 2.06. The first-order valence-electron chi connectivity index (χ1n) is 4.83. The summed E-state index contributed by atoms with van der Waals surface area (Å²) in [5.41, 5.74) is 0. The van der Waals surface area contributed by atoms with Gasteiger partial charge < -0.3 is 0 Å². The topological polar surface area (TPSA) is 0 Å². The Bertz CT molecular complexity index is 14.0. The van der Waals surface area contributed by atoms with Crippen LogP contribution in [0.2, 0.25) is 0 Å². The molecule has 74 valence electrons. The lowest BCUT2D eigenvalue weighted by Gasteiger charge is -1.79. The van der Waals surface area contributed by atoms with E-state index in [0.29, 0.717) is 0 Å². The zero-order valence-electron chi connectivity index (χ0n) is 8.83. The van der Waals surface area contributed by atoms with E-state index in [-0.39, 0.29) is 7.43 Å². The molecule has 0 aromatic heterocycles. The summed E-state index contributed by atoms with van der Waals surface area (Å²) < 4.78 is 0. The Hall–Kier alpha value is 0. The molecule has 0 heterocycles. The van der Waals surface area contributed by atoms with E-state index in [4.69, 9.17) is 0 Å². The highest BCUT2D eigenvalue weighted by atomic mass is 13.7. The predicted molar refractivity (Wildman–Crippen MR) is 59.2 cm³/mol. The summed E-state index contributed by atoms with van der Waals surface area (Å²) in [6.07, 6.45) is 5.33. The first-order chi connectivity index (χ1) is 4.83. The zero-order chi connectivity index (χ0) is 8.83. The van der Waals surface area contributed by atoms with Crippen LogP contribution in [0.4, 0.5) is 0 Å². The van der Waals surface area contributed by atoms with Crippen molar-refractivity contribution >= 4 is 0 Å². The molecule has 0 radical (unpaired) electrons. The first kappa shape index (κ1) is 22.4. The lowest BCUT2D eigenvalue weighted by atomic mass is 10.3. The molecule has 0 N–H and O–H groups in total. The quantitative estimate of drug-likeness (QED) is 0.518. The van der Waals surface area contributed by atoms with Crippen LogP contribution in [0.3, 0.4) is 0 Å². The van der Waals surface area contributed by atoms with E-state index < -0.39 is 0 Å². The summed E-state index contributed by atoms with van der Waals surface area (Å²) in [6.45, 7) is 12.7. The van der Waals surface area contributed by atoms with E-state index in [1.807, 2.05) is 13.8 Å². The van der Waals surface area contributed by atoms with Crippen molar-refractivity contribution in [3.8, 4) is 0 Å². The molecule has 0 aromatic carbocycles.